The highest BCUT2D eigenvalue weighted by atomic mass is 16.6. The summed E-state index contributed by atoms with van der Waals surface area (Å²) in [6.45, 7) is 7.87. The highest BCUT2D eigenvalue weighted by Gasteiger charge is 2.55. The van der Waals surface area contributed by atoms with Crippen LogP contribution in [-0.2, 0) is 14.3 Å². The van der Waals surface area contributed by atoms with Crippen LogP contribution in [0.4, 0.5) is 0 Å². The molecule has 0 aromatic rings. The largest absolute Gasteiger partial charge is 0.454 e. The second-order valence-corrected chi connectivity index (χ2v) is 5.96. The molecule has 18 heavy (non-hydrogen) atoms. The first-order valence-electron chi connectivity index (χ1n) is 6.58. The van der Waals surface area contributed by atoms with E-state index < -0.39 is 5.41 Å². The summed E-state index contributed by atoms with van der Waals surface area (Å²) in [5.74, 6) is -0.203. The molecule has 0 spiro atoms. The van der Waals surface area contributed by atoms with Crippen LogP contribution in [0.2, 0.25) is 0 Å². The van der Waals surface area contributed by atoms with Gasteiger partial charge >= 0.3 is 5.97 Å². The number of carbonyl (C=O) groups is 2. The van der Waals surface area contributed by atoms with Crippen molar-refractivity contribution in [1.82, 2.24) is 0 Å². The number of allylic oxidation sites excluding steroid dienone is 1. The van der Waals surface area contributed by atoms with Gasteiger partial charge in [-0.25, -0.2) is 4.79 Å². The van der Waals surface area contributed by atoms with Gasteiger partial charge in [0.15, 0.2) is 0 Å². The molecule has 3 heteroatoms. The Balaban J connectivity index is 2.14. The number of ketones is 1. The third-order valence-electron chi connectivity index (χ3n) is 4.90. The minimum absolute atomic E-state index is 0.124. The summed E-state index contributed by atoms with van der Waals surface area (Å²) in [5, 5.41) is 0. The third-order valence-corrected chi connectivity index (χ3v) is 4.90. The van der Waals surface area contributed by atoms with Crippen LogP contribution in [-0.4, -0.2) is 17.9 Å². The lowest BCUT2D eigenvalue weighted by Crippen LogP contribution is -2.46. The molecule has 2 aliphatic carbocycles. The number of hydrogen-bond donors (Lipinski definition) is 0. The Kier molecular flexibility index (Phi) is 2.31. The van der Waals surface area contributed by atoms with Gasteiger partial charge in [0.2, 0.25) is 0 Å². The van der Waals surface area contributed by atoms with Crippen LogP contribution in [0.5, 0.6) is 0 Å². The number of esters is 1. The molecule has 1 saturated carbocycles. The highest BCUT2D eigenvalue weighted by molar-refractivity contribution is 5.97. The molecule has 1 heterocycles. The topological polar surface area (TPSA) is 43.4 Å². The van der Waals surface area contributed by atoms with E-state index in [0.717, 1.165) is 24.8 Å². The van der Waals surface area contributed by atoms with E-state index >= 15 is 0 Å². The second-order valence-electron chi connectivity index (χ2n) is 5.96. The molecule has 0 bridgehead atoms. The molecular weight excluding hydrogens is 228 g/mol. The molecule has 3 rings (SSSR count). The second kappa shape index (κ2) is 3.56. The SMILES string of the molecule is C=C1C(=O)O[C@H]2C3=C(C)CCC[C@]3(C)C(=O)C[C@@H]12. The minimum atomic E-state index is -0.408. The Morgan fingerprint density at radius 1 is 1.39 bits per heavy atom. The van der Waals surface area contributed by atoms with Crippen molar-refractivity contribution in [2.75, 3.05) is 0 Å². The van der Waals surface area contributed by atoms with Crippen LogP contribution in [0.1, 0.15) is 39.5 Å². The summed E-state index contributed by atoms with van der Waals surface area (Å²) in [6.07, 6.45) is 3.11. The summed E-state index contributed by atoms with van der Waals surface area (Å²) in [5.41, 5.74) is 2.37. The number of ether oxygens (including phenoxy) is 1. The smallest absolute Gasteiger partial charge is 0.334 e. The summed E-state index contributed by atoms with van der Waals surface area (Å²) in [6, 6.07) is 0. The number of hydrogen-bond acceptors (Lipinski definition) is 3. The van der Waals surface area contributed by atoms with E-state index in [-0.39, 0.29) is 23.8 Å². The Hall–Kier alpha value is -1.38. The van der Waals surface area contributed by atoms with Gasteiger partial charge in [-0.2, -0.15) is 0 Å². The van der Waals surface area contributed by atoms with Crippen molar-refractivity contribution in [3.63, 3.8) is 0 Å². The van der Waals surface area contributed by atoms with E-state index in [1.807, 2.05) is 6.92 Å². The Labute approximate surface area is 107 Å². The third kappa shape index (κ3) is 1.30. The maximum Gasteiger partial charge on any atom is 0.334 e. The molecule has 0 aromatic heterocycles. The van der Waals surface area contributed by atoms with Gasteiger partial charge < -0.3 is 4.74 Å². The first kappa shape index (κ1) is 11.7. The molecule has 96 valence electrons. The predicted octanol–water partition coefficient (Wildman–Crippen LogP) is 2.56. The lowest BCUT2D eigenvalue weighted by Gasteiger charge is -2.44. The van der Waals surface area contributed by atoms with E-state index in [0.29, 0.717) is 12.0 Å². The summed E-state index contributed by atoms with van der Waals surface area (Å²) >= 11 is 0. The predicted molar refractivity (Wildman–Crippen MR) is 66.8 cm³/mol. The maximum absolute atomic E-state index is 12.4. The van der Waals surface area contributed by atoms with E-state index in [1.54, 1.807) is 0 Å². The van der Waals surface area contributed by atoms with E-state index in [1.165, 1.54) is 5.57 Å². The molecule has 3 aliphatic rings. The molecule has 3 atom stereocenters. The number of carbonyl (C=O) groups excluding carboxylic acids is 2. The minimum Gasteiger partial charge on any atom is -0.454 e. The molecule has 0 N–H and O–H groups in total. The van der Waals surface area contributed by atoms with Gasteiger partial charge in [0.1, 0.15) is 11.9 Å². The van der Waals surface area contributed by atoms with Gasteiger partial charge in [-0.3, -0.25) is 4.79 Å². The number of Topliss-reactive ketones (excluding diaryl/α,β-unsaturated/α-hetero) is 1. The van der Waals surface area contributed by atoms with Crippen LogP contribution in [0.3, 0.4) is 0 Å². The molecule has 2 fully saturated rings. The first-order valence-corrected chi connectivity index (χ1v) is 6.58. The fourth-order valence-electron chi connectivity index (χ4n) is 3.82. The lowest BCUT2D eigenvalue weighted by atomic mass is 9.59. The zero-order valence-corrected chi connectivity index (χ0v) is 10.9. The molecule has 1 aliphatic heterocycles. The van der Waals surface area contributed by atoms with Crippen molar-refractivity contribution in [2.45, 2.75) is 45.6 Å². The van der Waals surface area contributed by atoms with Gasteiger partial charge in [-0.1, -0.05) is 12.2 Å². The van der Waals surface area contributed by atoms with Crippen molar-refractivity contribution in [1.29, 1.82) is 0 Å². The molecule has 1 saturated heterocycles. The Bertz CT molecular complexity index is 500. The van der Waals surface area contributed by atoms with Crippen molar-refractivity contribution in [3.8, 4) is 0 Å². The summed E-state index contributed by atoms with van der Waals surface area (Å²) < 4.78 is 5.48. The molecule has 0 unspecified atom stereocenters. The highest BCUT2D eigenvalue weighted by Crippen LogP contribution is 2.53. The van der Waals surface area contributed by atoms with Crippen LogP contribution in [0.25, 0.3) is 0 Å². The zero-order chi connectivity index (χ0) is 13.1. The monoisotopic (exact) mass is 246 g/mol. The van der Waals surface area contributed by atoms with Gasteiger partial charge in [-0.05, 0) is 38.7 Å². The van der Waals surface area contributed by atoms with Crippen molar-refractivity contribution in [3.05, 3.63) is 23.3 Å². The molecule has 0 radical (unpaired) electrons. The Morgan fingerprint density at radius 3 is 2.83 bits per heavy atom. The van der Waals surface area contributed by atoms with E-state index in [9.17, 15) is 9.59 Å². The number of fused-ring (bicyclic) bond motifs is 3. The molecule has 3 nitrogen and oxygen atoms in total. The van der Waals surface area contributed by atoms with Crippen LogP contribution in [0, 0.1) is 11.3 Å². The van der Waals surface area contributed by atoms with Gasteiger partial charge in [0.05, 0.1) is 5.41 Å². The van der Waals surface area contributed by atoms with Gasteiger partial charge in [-0.15, -0.1) is 0 Å². The van der Waals surface area contributed by atoms with Crippen molar-refractivity contribution >= 4 is 11.8 Å². The number of rotatable bonds is 0. The van der Waals surface area contributed by atoms with Crippen LogP contribution < -0.4 is 0 Å². The van der Waals surface area contributed by atoms with E-state index in [4.69, 9.17) is 4.74 Å². The average Bonchev–Trinajstić information content (AvgIpc) is 2.57. The standard InChI is InChI=1S/C15H18O3/c1-8-5-4-6-15(3)11(16)7-10-9(2)14(17)18-13(10)12(8)15/h10,13H,2,4-7H2,1,3H3/t10-,13+,15+/m0/s1. The maximum atomic E-state index is 12.4. The fourth-order valence-corrected chi connectivity index (χ4v) is 3.82. The molecule has 0 amide bonds. The first-order chi connectivity index (χ1) is 8.45. The lowest BCUT2D eigenvalue weighted by molar-refractivity contribution is -0.141. The molecular formula is C15H18O3. The van der Waals surface area contributed by atoms with Crippen molar-refractivity contribution in [2.24, 2.45) is 11.3 Å². The summed E-state index contributed by atoms with van der Waals surface area (Å²) in [7, 11) is 0. The van der Waals surface area contributed by atoms with E-state index in [2.05, 4.69) is 13.5 Å². The van der Waals surface area contributed by atoms with Gasteiger partial charge in [0.25, 0.3) is 0 Å². The normalized spacial score (nSPS) is 39.6. The quantitative estimate of drug-likeness (QED) is 0.375. The fraction of sp³-hybridized carbons (Fsp3) is 0.600. The summed E-state index contributed by atoms with van der Waals surface area (Å²) in [4.78, 5) is 24.1. The zero-order valence-electron chi connectivity index (χ0n) is 10.9. The van der Waals surface area contributed by atoms with Crippen molar-refractivity contribution < 1.29 is 14.3 Å². The average molecular weight is 246 g/mol. The van der Waals surface area contributed by atoms with Crippen LogP contribution >= 0.6 is 0 Å². The van der Waals surface area contributed by atoms with Gasteiger partial charge in [0, 0.05) is 17.9 Å². The Morgan fingerprint density at radius 2 is 2.11 bits per heavy atom. The van der Waals surface area contributed by atoms with Crippen LogP contribution in [0.15, 0.2) is 23.3 Å². The molecule has 0 aromatic carbocycles.